The first-order chi connectivity index (χ1) is 28.8. The van der Waals surface area contributed by atoms with E-state index >= 15 is 0 Å². The Labute approximate surface area is 347 Å². The lowest BCUT2D eigenvalue weighted by Gasteiger charge is -2.32. The number of methoxy groups -OCH3 is 2. The highest BCUT2D eigenvalue weighted by Crippen LogP contribution is 2.44. The average molecular weight is 821 g/mol. The molecular weight excluding hydrogens is 769 g/mol. The van der Waals surface area contributed by atoms with E-state index in [4.69, 9.17) is 24.2 Å². The van der Waals surface area contributed by atoms with Crippen molar-refractivity contribution in [2.75, 3.05) is 14.2 Å². The van der Waals surface area contributed by atoms with Crippen molar-refractivity contribution in [3.8, 4) is 28.1 Å². The summed E-state index contributed by atoms with van der Waals surface area (Å²) in [5.74, 6) is 1.39. The van der Waals surface area contributed by atoms with Gasteiger partial charge in [-0.1, -0.05) is 32.0 Å². The van der Waals surface area contributed by atoms with Crippen molar-refractivity contribution in [2.24, 2.45) is 5.92 Å². The van der Waals surface area contributed by atoms with Gasteiger partial charge in [-0.05, 0) is 98.7 Å². The lowest BCUT2D eigenvalue weighted by molar-refractivity contribution is -0.139. The number of aromatic nitrogens is 4. The first-order valence-corrected chi connectivity index (χ1v) is 20.6. The molecule has 5 N–H and O–H groups in total. The molecule has 8 rings (SSSR count). The number of nitrogens with zero attached hydrogens (tertiary/aromatic N) is 4. The molecule has 60 heavy (non-hydrogen) atoms. The Morgan fingerprint density at radius 1 is 0.817 bits per heavy atom. The number of benzene rings is 3. The number of carbonyl (C=O) groups excluding carboxylic acids is 4. The summed E-state index contributed by atoms with van der Waals surface area (Å²) in [6, 6.07) is 11.8. The van der Waals surface area contributed by atoms with Crippen molar-refractivity contribution < 1.29 is 38.5 Å². The number of aliphatic hydroxyl groups excluding tert-OH is 1. The van der Waals surface area contributed by atoms with Gasteiger partial charge in [0.2, 0.25) is 11.8 Å². The highest BCUT2D eigenvalue weighted by atomic mass is 16.5. The van der Waals surface area contributed by atoms with Gasteiger partial charge in [0.15, 0.2) is 0 Å². The number of alkyl carbamates (subject to hydrolysis) is 2. The van der Waals surface area contributed by atoms with Crippen LogP contribution in [0.25, 0.3) is 44.2 Å². The Kier molecular flexibility index (Phi) is 10.9. The summed E-state index contributed by atoms with van der Waals surface area (Å²) in [4.78, 5) is 72.0. The molecular formula is C44H52N8O8. The van der Waals surface area contributed by atoms with Gasteiger partial charge in [-0.15, -0.1) is 0 Å². The van der Waals surface area contributed by atoms with Crippen LogP contribution in [0.1, 0.15) is 89.6 Å². The molecule has 16 nitrogen and oxygen atoms in total. The van der Waals surface area contributed by atoms with Crippen LogP contribution in [0.5, 0.6) is 5.75 Å². The number of carbonyl (C=O) groups is 4. The Morgan fingerprint density at radius 2 is 1.47 bits per heavy atom. The predicted molar refractivity (Wildman–Crippen MR) is 223 cm³/mol. The summed E-state index contributed by atoms with van der Waals surface area (Å²) in [7, 11) is 2.50. The minimum absolute atomic E-state index is 0.0331. The number of amides is 4. The minimum Gasteiger partial charge on any atom is -0.488 e. The van der Waals surface area contributed by atoms with E-state index < -0.39 is 36.3 Å². The Morgan fingerprint density at radius 3 is 2.12 bits per heavy atom. The van der Waals surface area contributed by atoms with Crippen molar-refractivity contribution in [3.05, 3.63) is 65.9 Å². The number of fused-ring (bicyclic) bond motifs is 6. The van der Waals surface area contributed by atoms with Gasteiger partial charge in [-0.2, -0.15) is 0 Å². The van der Waals surface area contributed by atoms with Gasteiger partial charge in [0.1, 0.15) is 36.1 Å². The van der Waals surface area contributed by atoms with Crippen molar-refractivity contribution in [3.63, 3.8) is 0 Å². The predicted octanol–water partition coefficient (Wildman–Crippen LogP) is 6.26. The Bertz CT molecular complexity index is 2480. The maximum atomic E-state index is 14.0. The number of aliphatic hydroxyl groups is 1. The molecule has 3 aromatic carbocycles. The molecule has 1 unspecified atom stereocenters. The lowest BCUT2D eigenvalue weighted by Crippen LogP contribution is -2.54. The van der Waals surface area contributed by atoms with Gasteiger partial charge in [-0.25, -0.2) is 19.6 Å². The van der Waals surface area contributed by atoms with Crippen LogP contribution in [0, 0.1) is 5.92 Å². The van der Waals surface area contributed by atoms with Gasteiger partial charge in [0, 0.05) is 23.0 Å². The quantitative estimate of drug-likeness (QED) is 0.113. The standard InChI is InChI=1S/C44H52N8O8/c1-21(2)36(49-43(56)58-6)41(54)52-23(4)9-15-34(52)40-46-31-13-11-25-17-30-28-12-10-26(16-27(28)20-60-35(30)18-29(25)38(31)48-40)32-19-45-39(47-32)33-14-8-22(3)51(33)42(55)37(24(5)53)50-44(57)59-7/h10-13,16-19,21-24,33-34,36-37,53H,8-9,14-15,20H2,1-7H3,(H,45,47)(H,46,48)(H,49,56)(H,50,57)/t22-,23-,24+,33-,34-,36-,37?/m0/s1. The van der Waals surface area contributed by atoms with Crippen LogP contribution in [0.3, 0.4) is 0 Å². The fourth-order valence-corrected chi connectivity index (χ4v) is 9.13. The van der Waals surface area contributed by atoms with Gasteiger partial charge in [0.05, 0.1) is 55.3 Å². The van der Waals surface area contributed by atoms with Crippen LogP contribution < -0.4 is 15.4 Å². The number of imidazole rings is 2. The zero-order chi connectivity index (χ0) is 42.6. The Hall–Kier alpha value is -6.16. The molecule has 5 aromatic rings. The van der Waals surface area contributed by atoms with Crippen LogP contribution in [0.4, 0.5) is 9.59 Å². The molecule has 16 heteroatoms. The van der Waals surface area contributed by atoms with E-state index in [1.807, 2.05) is 44.7 Å². The van der Waals surface area contributed by atoms with Crippen molar-refractivity contribution in [1.29, 1.82) is 0 Å². The monoisotopic (exact) mass is 820 g/mol. The van der Waals surface area contributed by atoms with E-state index in [-0.39, 0.29) is 36.0 Å². The third kappa shape index (κ3) is 7.26. The van der Waals surface area contributed by atoms with Crippen LogP contribution in [-0.2, 0) is 25.7 Å². The summed E-state index contributed by atoms with van der Waals surface area (Å²) in [5.41, 5.74) is 6.41. The van der Waals surface area contributed by atoms with Gasteiger partial charge < -0.3 is 49.7 Å². The maximum absolute atomic E-state index is 14.0. The fraction of sp³-hybridized carbons (Fsp3) is 0.455. The SMILES string of the molecule is COC(=O)NC(C(=O)N1[C@@H](C)CC[C@H]1c1ncc(-c2ccc3c(c2)COc2cc4c(ccc5nc([C@@H]6CC[C@H](C)N6C(=O)[C@@H](NC(=O)OC)C(C)C)[nH]c54)cc2-3)[nH]1)[C@@H](C)O. The maximum Gasteiger partial charge on any atom is 0.407 e. The van der Waals surface area contributed by atoms with Gasteiger partial charge in [-0.3, -0.25) is 9.59 Å². The van der Waals surface area contributed by atoms with E-state index in [9.17, 15) is 24.3 Å². The first-order valence-electron chi connectivity index (χ1n) is 20.6. The van der Waals surface area contributed by atoms with E-state index in [0.717, 1.165) is 74.8 Å². The third-order valence-corrected chi connectivity index (χ3v) is 12.4. The van der Waals surface area contributed by atoms with E-state index in [1.165, 1.54) is 21.1 Å². The summed E-state index contributed by atoms with van der Waals surface area (Å²) < 4.78 is 15.9. The van der Waals surface area contributed by atoms with Crippen LogP contribution >= 0.6 is 0 Å². The molecule has 2 fully saturated rings. The summed E-state index contributed by atoms with van der Waals surface area (Å²) in [6.45, 7) is 9.60. The summed E-state index contributed by atoms with van der Waals surface area (Å²) in [5, 5.41) is 17.6. The molecule has 2 saturated heterocycles. The van der Waals surface area contributed by atoms with E-state index in [0.29, 0.717) is 24.7 Å². The van der Waals surface area contributed by atoms with Crippen molar-refractivity contribution >= 4 is 45.8 Å². The zero-order valence-corrected chi connectivity index (χ0v) is 34.9. The van der Waals surface area contributed by atoms with E-state index in [1.54, 1.807) is 11.1 Å². The number of hydrogen-bond donors (Lipinski definition) is 5. The molecule has 0 bridgehead atoms. The molecule has 3 aliphatic heterocycles. The molecule has 0 saturated carbocycles. The van der Waals surface area contributed by atoms with Gasteiger partial charge in [0.25, 0.3) is 0 Å². The second kappa shape index (κ2) is 16.1. The van der Waals surface area contributed by atoms with Crippen LogP contribution in [0.15, 0.2) is 48.7 Å². The zero-order valence-electron chi connectivity index (χ0n) is 34.9. The molecule has 4 amide bonds. The molecule has 0 radical (unpaired) electrons. The third-order valence-electron chi connectivity index (χ3n) is 12.4. The fourth-order valence-electron chi connectivity index (χ4n) is 9.13. The molecule has 5 heterocycles. The smallest absolute Gasteiger partial charge is 0.407 e. The number of likely N-dealkylation sites (tertiary alicyclic amines) is 2. The van der Waals surface area contributed by atoms with Crippen molar-refractivity contribution in [2.45, 2.75) is 109 Å². The minimum atomic E-state index is -1.16. The van der Waals surface area contributed by atoms with Crippen molar-refractivity contribution in [1.82, 2.24) is 40.4 Å². The second-order valence-electron chi connectivity index (χ2n) is 16.6. The average Bonchev–Trinajstić information content (AvgIpc) is 4.06. The van der Waals surface area contributed by atoms with Crippen LogP contribution in [0.2, 0.25) is 0 Å². The first kappa shape index (κ1) is 40.6. The number of rotatable bonds is 9. The summed E-state index contributed by atoms with van der Waals surface area (Å²) >= 11 is 0. The lowest BCUT2D eigenvalue weighted by atomic mass is 9.92. The van der Waals surface area contributed by atoms with Gasteiger partial charge >= 0.3 is 12.2 Å². The molecule has 7 atom stereocenters. The normalized spacial score (nSPS) is 21.3. The van der Waals surface area contributed by atoms with Crippen LogP contribution in [-0.4, -0.2) is 103 Å². The molecule has 0 spiro atoms. The topological polar surface area (TPSA) is 204 Å². The Balaban J connectivity index is 1.05. The highest BCUT2D eigenvalue weighted by Gasteiger charge is 2.43. The number of H-pyrrole nitrogens is 2. The summed E-state index contributed by atoms with van der Waals surface area (Å²) in [6.07, 6.45) is 2.17. The number of aromatic amines is 2. The number of ether oxygens (including phenoxy) is 3. The molecule has 0 aliphatic carbocycles. The largest absolute Gasteiger partial charge is 0.488 e. The highest BCUT2D eigenvalue weighted by molar-refractivity contribution is 6.07. The second-order valence-corrected chi connectivity index (χ2v) is 16.6. The number of nitrogens with one attached hydrogen (secondary N) is 4. The molecule has 2 aromatic heterocycles. The van der Waals surface area contributed by atoms with E-state index in [2.05, 4.69) is 50.9 Å². The molecule has 3 aliphatic rings. The number of hydrogen-bond acceptors (Lipinski definition) is 10. The molecule has 316 valence electrons.